The zero-order chi connectivity index (χ0) is 10.1. The molecular formula is C9H9FN2O2. The second-order valence-corrected chi connectivity index (χ2v) is 3.29. The lowest BCUT2D eigenvalue weighted by atomic mass is 10.2. The maximum atomic E-state index is 13.5. The lowest BCUT2D eigenvalue weighted by molar-refractivity contribution is -0.384. The Labute approximate surface area is 80.0 Å². The standard InChI is InChI=1S/C9H9FN2O2/c10-11(7-5-6-7)8-3-1-2-4-9(8)12(13)14/h1-4,7H,5-6H2. The Morgan fingerprint density at radius 2 is 2.07 bits per heavy atom. The van der Waals surface area contributed by atoms with Crippen molar-refractivity contribution < 1.29 is 9.40 Å². The maximum absolute atomic E-state index is 13.5. The van der Waals surface area contributed by atoms with Crippen LogP contribution in [0, 0.1) is 10.1 Å². The van der Waals surface area contributed by atoms with Gasteiger partial charge in [0.1, 0.15) is 5.69 Å². The molecule has 0 bridgehead atoms. The summed E-state index contributed by atoms with van der Waals surface area (Å²) in [6.07, 6.45) is 1.53. The van der Waals surface area contributed by atoms with Crippen LogP contribution in [-0.2, 0) is 0 Å². The fourth-order valence-corrected chi connectivity index (χ4v) is 1.30. The molecule has 2 rings (SSSR count). The van der Waals surface area contributed by atoms with E-state index in [4.69, 9.17) is 0 Å². The third-order valence-electron chi connectivity index (χ3n) is 2.18. The van der Waals surface area contributed by atoms with Crippen LogP contribution in [0.1, 0.15) is 12.8 Å². The van der Waals surface area contributed by atoms with Crippen LogP contribution in [0.4, 0.5) is 15.9 Å². The minimum atomic E-state index is -0.565. The molecule has 0 aromatic heterocycles. The third-order valence-corrected chi connectivity index (χ3v) is 2.18. The Morgan fingerprint density at radius 1 is 1.43 bits per heavy atom. The molecule has 1 aromatic rings. The van der Waals surface area contributed by atoms with Gasteiger partial charge in [0.2, 0.25) is 0 Å². The fourth-order valence-electron chi connectivity index (χ4n) is 1.30. The van der Waals surface area contributed by atoms with Crippen molar-refractivity contribution in [3.8, 4) is 0 Å². The van der Waals surface area contributed by atoms with Crippen LogP contribution in [0.5, 0.6) is 0 Å². The summed E-state index contributed by atoms with van der Waals surface area (Å²) in [6.45, 7) is 0. The van der Waals surface area contributed by atoms with Crippen molar-refractivity contribution in [1.29, 1.82) is 0 Å². The summed E-state index contributed by atoms with van der Waals surface area (Å²) >= 11 is 0. The Bertz CT molecular complexity index is 366. The molecule has 0 radical (unpaired) electrons. The van der Waals surface area contributed by atoms with Crippen molar-refractivity contribution in [3.63, 3.8) is 0 Å². The van der Waals surface area contributed by atoms with Gasteiger partial charge >= 0.3 is 0 Å². The fraction of sp³-hybridized carbons (Fsp3) is 0.333. The molecule has 14 heavy (non-hydrogen) atoms. The summed E-state index contributed by atoms with van der Waals surface area (Å²) in [5.74, 6) is 0. The molecule has 0 N–H and O–H groups in total. The van der Waals surface area contributed by atoms with Crippen molar-refractivity contribution in [2.24, 2.45) is 0 Å². The van der Waals surface area contributed by atoms with Gasteiger partial charge < -0.3 is 0 Å². The van der Waals surface area contributed by atoms with Crippen molar-refractivity contribution in [3.05, 3.63) is 34.4 Å². The number of benzene rings is 1. The molecule has 0 heterocycles. The zero-order valence-electron chi connectivity index (χ0n) is 7.39. The number of rotatable bonds is 3. The predicted molar refractivity (Wildman–Crippen MR) is 49.7 cm³/mol. The van der Waals surface area contributed by atoms with E-state index < -0.39 is 4.92 Å². The van der Waals surface area contributed by atoms with Crippen molar-refractivity contribution in [2.45, 2.75) is 18.9 Å². The SMILES string of the molecule is O=[N+]([O-])c1ccccc1N(F)C1CC1. The Hall–Kier alpha value is -1.65. The summed E-state index contributed by atoms with van der Waals surface area (Å²) in [5.41, 5.74) is -0.123. The van der Waals surface area contributed by atoms with Crippen molar-refractivity contribution in [2.75, 3.05) is 5.12 Å². The van der Waals surface area contributed by atoms with E-state index in [0.717, 1.165) is 12.8 Å². The number of nitro benzene ring substituents is 1. The molecule has 0 unspecified atom stereocenters. The zero-order valence-corrected chi connectivity index (χ0v) is 7.39. The molecule has 1 aliphatic carbocycles. The van der Waals surface area contributed by atoms with E-state index in [2.05, 4.69) is 0 Å². The first-order valence-electron chi connectivity index (χ1n) is 4.38. The highest BCUT2D eigenvalue weighted by Gasteiger charge is 2.33. The molecule has 1 saturated carbocycles. The molecule has 0 amide bonds. The molecule has 0 spiro atoms. The van der Waals surface area contributed by atoms with Crippen LogP contribution in [0.2, 0.25) is 0 Å². The Kier molecular flexibility index (Phi) is 2.07. The third kappa shape index (κ3) is 1.53. The summed E-state index contributed by atoms with van der Waals surface area (Å²) in [4.78, 5) is 10.0. The molecule has 0 saturated heterocycles. The van der Waals surface area contributed by atoms with Crippen LogP contribution >= 0.6 is 0 Å². The van der Waals surface area contributed by atoms with E-state index in [9.17, 15) is 14.6 Å². The molecule has 1 aliphatic rings. The van der Waals surface area contributed by atoms with Gasteiger partial charge in [-0.1, -0.05) is 16.6 Å². The smallest absolute Gasteiger partial charge is 0.258 e. The minimum absolute atomic E-state index is 0.0556. The summed E-state index contributed by atoms with van der Waals surface area (Å²) < 4.78 is 13.5. The number of anilines is 1. The van der Waals surface area contributed by atoms with E-state index >= 15 is 0 Å². The monoisotopic (exact) mass is 196 g/mol. The van der Waals surface area contributed by atoms with Gasteiger partial charge in [-0.05, 0) is 18.9 Å². The molecule has 74 valence electrons. The maximum Gasteiger partial charge on any atom is 0.295 e. The van der Waals surface area contributed by atoms with Crippen LogP contribution in [0.3, 0.4) is 0 Å². The molecule has 1 aromatic carbocycles. The highest BCUT2D eigenvalue weighted by molar-refractivity contribution is 5.62. The number of nitro groups is 1. The van der Waals surface area contributed by atoms with Gasteiger partial charge in [-0.25, -0.2) is 5.12 Å². The normalized spacial score (nSPS) is 15.2. The molecular weight excluding hydrogens is 187 g/mol. The Balaban J connectivity index is 2.34. The van der Waals surface area contributed by atoms with Gasteiger partial charge in [-0.3, -0.25) is 10.1 Å². The molecule has 4 nitrogen and oxygen atoms in total. The van der Waals surface area contributed by atoms with Crippen molar-refractivity contribution in [1.82, 2.24) is 0 Å². The largest absolute Gasteiger partial charge is 0.295 e. The highest BCUT2D eigenvalue weighted by Crippen LogP contribution is 2.36. The van der Waals surface area contributed by atoms with E-state index in [1.807, 2.05) is 0 Å². The molecule has 1 fully saturated rings. The minimum Gasteiger partial charge on any atom is -0.258 e. The van der Waals surface area contributed by atoms with Gasteiger partial charge in [0, 0.05) is 6.07 Å². The number of hydrogen-bond acceptors (Lipinski definition) is 3. The number of para-hydroxylation sites is 2. The topological polar surface area (TPSA) is 46.4 Å². The van der Waals surface area contributed by atoms with Gasteiger partial charge in [0.15, 0.2) is 0 Å². The highest BCUT2D eigenvalue weighted by atomic mass is 19.2. The Morgan fingerprint density at radius 3 is 2.64 bits per heavy atom. The molecule has 0 atom stereocenters. The quantitative estimate of drug-likeness (QED) is 0.423. The van der Waals surface area contributed by atoms with E-state index in [-0.39, 0.29) is 17.4 Å². The van der Waals surface area contributed by atoms with E-state index in [1.54, 1.807) is 6.07 Å². The summed E-state index contributed by atoms with van der Waals surface area (Å²) in [7, 11) is 0. The number of hydrogen-bond donors (Lipinski definition) is 0. The first kappa shape index (κ1) is 8.93. The number of nitrogens with zero attached hydrogens (tertiary/aromatic N) is 2. The second-order valence-electron chi connectivity index (χ2n) is 3.29. The van der Waals surface area contributed by atoms with E-state index in [1.165, 1.54) is 18.2 Å². The van der Waals surface area contributed by atoms with E-state index in [0.29, 0.717) is 5.12 Å². The summed E-state index contributed by atoms with van der Waals surface area (Å²) in [5, 5.41) is 11.1. The van der Waals surface area contributed by atoms with Crippen molar-refractivity contribution >= 4 is 11.4 Å². The average Bonchev–Trinajstić information content (AvgIpc) is 3.00. The lowest BCUT2D eigenvalue weighted by Gasteiger charge is -2.11. The average molecular weight is 196 g/mol. The first-order chi connectivity index (χ1) is 6.70. The predicted octanol–water partition coefficient (Wildman–Crippen LogP) is 2.45. The van der Waals surface area contributed by atoms with Crippen LogP contribution in [0.15, 0.2) is 24.3 Å². The van der Waals surface area contributed by atoms with Gasteiger partial charge in [0.25, 0.3) is 5.69 Å². The number of halogens is 1. The second kappa shape index (κ2) is 3.25. The lowest BCUT2D eigenvalue weighted by Crippen LogP contribution is -2.15. The molecule has 5 heteroatoms. The molecule has 0 aliphatic heterocycles. The van der Waals surface area contributed by atoms with Gasteiger partial charge in [-0.2, -0.15) is 0 Å². The van der Waals surface area contributed by atoms with Crippen LogP contribution in [0.25, 0.3) is 0 Å². The first-order valence-corrected chi connectivity index (χ1v) is 4.38. The summed E-state index contributed by atoms with van der Waals surface area (Å²) in [6, 6.07) is 5.69. The van der Waals surface area contributed by atoms with Gasteiger partial charge in [-0.15, -0.1) is 0 Å². The van der Waals surface area contributed by atoms with Gasteiger partial charge in [0.05, 0.1) is 11.0 Å². The van der Waals surface area contributed by atoms with Crippen LogP contribution < -0.4 is 5.12 Å². The van der Waals surface area contributed by atoms with Crippen LogP contribution in [-0.4, -0.2) is 11.0 Å².